The van der Waals surface area contributed by atoms with Crippen molar-refractivity contribution in [2.24, 2.45) is 0 Å². The largest absolute Gasteiger partial charge is 0.497 e. The number of urea groups is 1. The minimum atomic E-state index is -0.345. The van der Waals surface area contributed by atoms with E-state index in [0.29, 0.717) is 17.2 Å². The third-order valence-corrected chi connectivity index (χ3v) is 5.86. The van der Waals surface area contributed by atoms with Crippen molar-refractivity contribution in [1.82, 2.24) is 14.7 Å². The lowest BCUT2D eigenvalue weighted by atomic mass is 10.1. The smallest absolute Gasteiger partial charge is 0.322 e. The SMILES string of the molecule is COc1ccc(-n2nc(-c3ccccc3)cc2NC(=O)CN(C(=O)Nc2ccc(C)cc2)C(C)C)cc1. The first-order valence-corrected chi connectivity index (χ1v) is 12.1. The van der Waals surface area contributed by atoms with Gasteiger partial charge in [0.05, 0.1) is 18.5 Å². The Labute approximate surface area is 216 Å². The number of hydrogen-bond acceptors (Lipinski definition) is 4. The molecule has 0 aliphatic heterocycles. The molecule has 0 aliphatic carbocycles. The fraction of sp³-hybridized carbons (Fsp3) is 0.207. The van der Waals surface area contributed by atoms with E-state index in [0.717, 1.165) is 22.6 Å². The number of benzene rings is 3. The van der Waals surface area contributed by atoms with Crippen molar-refractivity contribution in [3.8, 4) is 22.7 Å². The molecule has 1 heterocycles. The van der Waals surface area contributed by atoms with Gasteiger partial charge in [-0.05, 0) is 57.2 Å². The Bertz CT molecular complexity index is 1350. The topological polar surface area (TPSA) is 88.5 Å². The van der Waals surface area contributed by atoms with Gasteiger partial charge < -0.3 is 20.3 Å². The molecule has 3 aromatic carbocycles. The number of nitrogens with one attached hydrogen (secondary N) is 2. The average Bonchev–Trinajstić information content (AvgIpc) is 3.32. The van der Waals surface area contributed by atoms with Crippen LogP contribution in [0.15, 0.2) is 84.9 Å². The average molecular weight is 498 g/mol. The number of carbonyl (C=O) groups is 2. The van der Waals surface area contributed by atoms with E-state index in [2.05, 4.69) is 10.6 Å². The van der Waals surface area contributed by atoms with Crippen LogP contribution >= 0.6 is 0 Å². The van der Waals surface area contributed by atoms with Crippen LogP contribution in [0.2, 0.25) is 0 Å². The van der Waals surface area contributed by atoms with Crippen molar-refractivity contribution < 1.29 is 14.3 Å². The normalized spacial score (nSPS) is 10.7. The number of rotatable bonds is 8. The molecule has 190 valence electrons. The van der Waals surface area contributed by atoms with Crippen LogP contribution in [0.25, 0.3) is 16.9 Å². The fourth-order valence-electron chi connectivity index (χ4n) is 3.80. The Morgan fingerprint density at radius 2 is 1.62 bits per heavy atom. The van der Waals surface area contributed by atoms with Crippen LogP contribution in [0.3, 0.4) is 0 Å². The number of ether oxygens (including phenoxy) is 1. The molecule has 2 N–H and O–H groups in total. The fourth-order valence-corrected chi connectivity index (χ4v) is 3.80. The van der Waals surface area contributed by atoms with E-state index >= 15 is 0 Å². The predicted octanol–water partition coefficient (Wildman–Crippen LogP) is 5.74. The Kier molecular flexibility index (Phi) is 7.88. The maximum Gasteiger partial charge on any atom is 0.322 e. The molecule has 0 saturated heterocycles. The van der Waals surface area contributed by atoms with Crippen LogP contribution in [-0.4, -0.2) is 46.3 Å². The number of aromatic nitrogens is 2. The number of methoxy groups -OCH3 is 1. The molecule has 3 amide bonds. The highest BCUT2D eigenvalue weighted by atomic mass is 16.5. The van der Waals surface area contributed by atoms with Crippen molar-refractivity contribution in [1.29, 1.82) is 0 Å². The Balaban J connectivity index is 1.56. The molecule has 0 unspecified atom stereocenters. The third kappa shape index (κ3) is 6.35. The standard InChI is InChI=1S/C29H31N5O3/c1-20(2)33(29(36)30-23-12-10-21(3)11-13-23)19-28(35)31-27-18-26(22-8-6-5-7-9-22)32-34(27)24-14-16-25(37-4)17-15-24/h5-18,20H,19H2,1-4H3,(H,30,36)(H,31,35). The van der Waals surface area contributed by atoms with Crippen LogP contribution in [-0.2, 0) is 4.79 Å². The quantitative estimate of drug-likeness (QED) is 0.325. The highest BCUT2D eigenvalue weighted by Crippen LogP contribution is 2.26. The molecule has 1 aromatic heterocycles. The summed E-state index contributed by atoms with van der Waals surface area (Å²) in [6.45, 7) is 5.61. The van der Waals surface area contributed by atoms with Gasteiger partial charge in [0.15, 0.2) is 0 Å². The minimum absolute atomic E-state index is 0.121. The highest BCUT2D eigenvalue weighted by molar-refractivity contribution is 5.97. The second kappa shape index (κ2) is 11.4. The van der Waals surface area contributed by atoms with E-state index in [4.69, 9.17) is 9.84 Å². The lowest BCUT2D eigenvalue weighted by molar-refractivity contribution is -0.117. The lowest BCUT2D eigenvalue weighted by Gasteiger charge is -2.26. The molecule has 4 aromatic rings. The molecular weight excluding hydrogens is 466 g/mol. The molecule has 37 heavy (non-hydrogen) atoms. The Morgan fingerprint density at radius 1 is 0.946 bits per heavy atom. The van der Waals surface area contributed by atoms with E-state index in [1.165, 1.54) is 4.90 Å². The van der Waals surface area contributed by atoms with Crippen molar-refractivity contribution in [2.45, 2.75) is 26.8 Å². The molecule has 8 heteroatoms. The summed E-state index contributed by atoms with van der Waals surface area (Å²) >= 11 is 0. The first kappa shape index (κ1) is 25.5. The lowest BCUT2D eigenvalue weighted by Crippen LogP contribution is -2.44. The zero-order chi connectivity index (χ0) is 26.4. The molecular formula is C29H31N5O3. The summed E-state index contributed by atoms with van der Waals surface area (Å²) in [5, 5.41) is 10.6. The van der Waals surface area contributed by atoms with Crippen molar-refractivity contribution in [2.75, 3.05) is 24.3 Å². The number of nitrogens with zero attached hydrogens (tertiary/aromatic N) is 3. The highest BCUT2D eigenvalue weighted by Gasteiger charge is 2.22. The summed E-state index contributed by atoms with van der Waals surface area (Å²) in [6, 6.07) is 25.9. The van der Waals surface area contributed by atoms with Gasteiger partial charge in [0, 0.05) is 23.4 Å². The molecule has 0 fully saturated rings. The summed E-state index contributed by atoms with van der Waals surface area (Å²) in [6.07, 6.45) is 0. The van der Waals surface area contributed by atoms with Gasteiger partial charge in [0.25, 0.3) is 0 Å². The van der Waals surface area contributed by atoms with Gasteiger partial charge >= 0.3 is 6.03 Å². The van der Waals surface area contributed by atoms with E-state index in [-0.39, 0.29) is 24.5 Å². The number of anilines is 2. The molecule has 0 saturated carbocycles. The van der Waals surface area contributed by atoms with E-state index in [1.54, 1.807) is 11.8 Å². The molecule has 0 bridgehead atoms. The monoisotopic (exact) mass is 497 g/mol. The Morgan fingerprint density at radius 3 is 2.24 bits per heavy atom. The Hall–Kier alpha value is -4.59. The van der Waals surface area contributed by atoms with Crippen LogP contribution in [0.5, 0.6) is 5.75 Å². The molecule has 4 rings (SSSR count). The third-order valence-electron chi connectivity index (χ3n) is 5.86. The van der Waals surface area contributed by atoms with Crippen molar-refractivity contribution in [3.05, 3.63) is 90.5 Å². The summed E-state index contributed by atoms with van der Waals surface area (Å²) in [7, 11) is 1.61. The summed E-state index contributed by atoms with van der Waals surface area (Å²) in [4.78, 5) is 27.6. The molecule has 8 nitrogen and oxygen atoms in total. The second-order valence-electron chi connectivity index (χ2n) is 8.96. The van der Waals surface area contributed by atoms with E-state index < -0.39 is 0 Å². The number of amides is 3. The number of hydrogen-bond donors (Lipinski definition) is 2. The van der Waals surface area contributed by atoms with Gasteiger partial charge in [-0.15, -0.1) is 0 Å². The second-order valence-corrected chi connectivity index (χ2v) is 8.96. The maximum atomic E-state index is 13.2. The van der Waals surface area contributed by atoms with Crippen LogP contribution in [0.1, 0.15) is 19.4 Å². The van der Waals surface area contributed by atoms with Gasteiger partial charge in [0.2, 0.25) is 5.91 Å². The predicted molar refractivity (Wildman–Crippen MR) is 146 cm³/mol. The van der Waals surface area contributed by atoms with Crippen LogP contribution < -0.4 is 15.4 Å². The van der Waals surface area contributed by atoms with Crippen LogP contribution in [0, 0.1) is 6.92 Å². The van der Waals surface area contributed by atoms with Crippen molar-refractivity contribution in [3.63, 3.8) is 0 Å². The van der Waals surface area contributed by atoms with Gasteiger partial charge in [-0.1, -0.05) is 48.0 Å². The first-order valence-electron chi connectivity index (χ1n) is 12.1. The van der Waals surface area contributed by atoms with Gasteiger partial charge in [-0.2, -0.15) is 5.10 Å². The number of aryl methyl sites for hydroxylation is 1. The first-order chi connectivity index (χ1) is 17.8. The zero-order valence-corrected chi connectivity index (χ0v) is 21.4. The minimum Gasteiger partial charge on any atom is -0.497 e. The molecule has 0 atom stereocenters. The molecule has 0 aliphatic rings. The van der Waals surface area contributed by atoms with E-state index in [1.807, 2.05) is 106 Å². The van der Waals surface area contributed by atoms with E-state index in [9.17, 15) is 9.59 Å². The van der Waals surface area contributed by atoms with Gasteiger partial charge in [-0.3, -0.25) is 4.79 Å². The zero-order valence-electron chi connectivity index (χ0n) is 21.4. The van der Waals surface area contributed by atoms with Crippen LogP contribution in [0.4, 0.5) is 16.3 Å². The summed E-state index contributed by atoms with van der Waals surface area (Å²) < 4.78 is 6.94. The van der Waals surface area contributed by atoms with Gasteiger partial charge in [0.1, 0.15) is 18.1 Å². The van der Waals surface area contributed by atoms with Gasteiger partial charge in [-0.25, -0.2) is 9.48 Å². The molecule has 0 radical (unpaired) electrons. The summed E-state index contributed by atoms with van der Waals surface area (Å²) in [5.74, 6) is 0.885. The molecule has 0 spiro atoms. The number of carbonyl (C=O) groups excluding carboxylic acids is 2. The maximum absolute atomic E-state index is 13.2. The van der Waals surface area contributed by atoms with Crippen molar-refractivity contribution >= 4 is 23.4 Å². The summed E-state index contributed by atoms with van der Waals surface area (Å²) in [5.41, 5.74) is 4.17.